The molecule has 1 amide bonds. The van der Waals surface area contributed by atoms with E-state index in [2.05, 4.69) is 15.5 Å². The number of carbonyl (C=O) groups excluding carboxylic acids is 1. The molecule has 1 aromatic heterocycles. The van der Waals surface area contributed by atoms with Crippen LogP contribution in [0.3, 0.4) is 0 Å². The van der Waals surface area contributed by atoms with Crippen molar-refractivity contribution < 1.29 is 18.3 Å². The van der Waals surface area contributed by atoms with Gasteiger partial charge in [-0.3, -0.25) is 9.89 Å². The van der Waals surface area contributed by atoms with Crippen molar-refractivity contribution in [1.82, 2.24) is 10.2 Å². The Morgan fingerprint density at radius 1 is 1.40 bits per heavy atom. The van der Waals surface area contributed by atoms with Crippen molar-refractivity contribution >= 4 is 11.7 Å². The molecule has 0 aliphatic rings. The fourth-order valence-corrected chi connectivity index (χ4v) is 1.51. The zero-order chi connectivity index (χ0) is 14.7. The van der Waals surface area contributed by atoms with Gasteiger partial charge in [0.05, 0.1) is 0 Å². The number of aryl methyl sites for hydroxylation is 1. The molecule has 2 rings (SSSR count). The highest BCUT2D eigenvalue weighted by atomic mass is 19.1. The minimum atomic E-state index is -0.857. The Hall–Kier alpha value is -2.44. The van der Waals surface area contributed by atoms with Gasteiger partial charge in [-0.15, -0.1) is 0 Å². The Bertz CT molecular complexity index is 641. The van der Waals surface area contributed by atoms with E-state index in [0.29, 0.717) is 11.9 Å². The molecule has 0 unspecified atom stereocenters. The third kappa shape index (κ3) is 3.11. The molecule has 0 atom stereocenters. The van der Waals surface area contributed by atoms with Gasteiger partial charge in [0.25, 0.3) is 5.91 Å². The first kappa shape index (κ1) is 14.0. The molecule has 1 heterocycles. The SMILES string of the molecule is Cc1[nH]nc(NC(=O)COc2ccc(F)cc2F)c1C. The molecule has 0 aliphatic heterocycles. The van der Waals surface area contributed by atoms with Crippen molar-refractivity contribution in [3.8, 4) is 5.75 Å². The van der Waals surface area contributed by atoms with Crippen molar-refractivity contribution in [3.05, 3.63) is 41.1 Å². The van der Waals surface area contributed by atoms with E-state index in [9.17, 15) is 13.6 Å². The van der Waals surface area contributed by atoms with Crippen molar-refractivity contribution in [2.75, 3.05) is 11.9 Å². The van der Waals surface area contributed by atoms with Crippen LogP contribution in [0.25, 0.3) is 0 Å². The monoisotopic (exact) mass is 281 g/mol. The largest absolute Gasteiger partial charge is 0.481 e. The maximum Gasteiger partial charge on any atom is 0.263 e. The first-order valence-corrected chi connectivity index (χ1v) is 5.86. The molecule has 5 nitrogen and oxygen atoms in total. The Labute approximate surface area is 114 Å². The number of amides is 1. The summed E-state index contributed by atoms with van der Waals surface area (Å²) < 4.78 is 31.0. The van der Waals surface area contributed by atoms with Gasteiger partial charge in [0, 0.05) is 17.3 Å². The third-order valence-corrected chi connectivity index (χ3v) is 2.76. The summed E-state index contributed by atoms with van der Waals surface area (Å²) >= 11 is 0. The minimum Gasteiger partial charge on any atom is -0.481 e. The predicted molar refractivity (Wildman–Crippen MR) is 68.5 cm³/mol. The number of hydrogen-bond acceptors (Lipinski definition) is 3. The number of benzene rings is 1. The average molecular weight is 281 g/mol. The summed E-state index contributed by atoms with van der Waals surface area (Å²) in [6, 6.07) is 2.87. The first-order valence-electron chi connectivity index (χ1n) is 5.86. The second-order valence-electron chi connectivity index (χ2n) is 4.23. The van der Waals surface area contributed by atoms with Gasteiger partial charge in [0.1, 0.15) is 5.82 Å². The van der Waals surface area contributed by atoms with Crippen molar-refractivity contribution in [2.45, 2.75) is 13.8 Å². The molecule has 2 N–H and O–H groups in total. The second kappa shape index (κ2) is 5.68. The molecule has 0 spiro atoms. The first-order chi connectivity index (χ1) is 9.47. The smallest absolute Gasteiger partial charge is 0.263 e. The summed E-state index contributed by atoms with van der Waals surface area (Å²) in [6.07, 6.45) is 0. The van der Waals surface area contributed by atoms with Crippen LogP contribution in [0.5, 0.6) is 5.75 Å². The molecule has 0 aliphatic carbocycles. The zero-order valence-electron chi connectivity index (χ0n) is 11.0. The van der Waals surface area contributed by atoms with Crippen LogP contribution in [-0.2, 0) is 4.79 Å². The highest BCUT2D eigenvalue weighted by Gasteiger charge is 2.11. The number of hydrogen-bond donors (Lipinski definition) is 2. The van der Waals surface area contributed by atoms with Gasteiger partial charge in [-0.25, -0.2) is 8.78 Å². The number of carbonyl (C=O) groups is 1. The number of nitrogens with one attached hydrogen (secondary N) is 2. The number of nitrogens with zero attached hydrogens (tertiary/aromatic N) is 1. The van der Waals surface area contributed by atoms with Gasteiger partial charge in [0.15, 0.2) is 24.0 Å². The molecule has 0 radical (unpaired) electrons. The quantitative estimate of drug-likeness (QED) is 0.903. The Morgan fingerprint density at radius 3 is 2.75 bits per heavy atom. The van der Waals surface area contributed by atoms with E-state index >= 15 is 0 Å². The van der Waals surface area contributed by atoms with Crippen LogP contribution in [0.15, 0.2) is 18.2 Å². The van der Waals surface area contributed by atoms with Gasteiger partial charge in [-0.05, 0) is 26.0 Å². The van der Waals surface area contributed by atoms with Crippen LogP contribution < -0.4 is 10.1 Å². The molecule has 1 aromatic carbocycles. The second-order valence-corrected chi connectivity index (χ2v) is 4.23. The molecule has 7 heteroatoms. The minimum absolute atomic E-state index is 0.184. The summed E-state index contributed by atoms with van der Waals surface area (Å²) in [5, 5.41) is 9.16. The molecule has 0 bridgehead atoms. The van der Waals surface area contributed by atoms with Crippen molar-refractivity contribution in [2.24, 2.45) is 0 Å². The van der Waals surface area contributed by atoms with Crippen LogP contribution >= 0.6 is 0 Å². The lowest BCUT2D eigenvalue weighted by molar-refractivity contribution is -0.118. The van der Waals surface area contributed by atoms with E-state index in [1.807, 2.05) is 6.92 Å². The molecule has 0 saturated heterocycles. The van der Waals surface area contributed by atoms with E-state index in [-0.39, 0.29) is 5.75 Å². The van der Waals surface area contributed by atoms with Crippen molar-refractivity contribution in [3.63, 3.8) is 0 Å². The Kier molecular flexibility index (Phi) is 3.97. The summed E-state index contributed by atoms with van der Waals surface area (Å²) in [5.74, 6) is -1.83. The lowest BCUT2D eigenvalue weighted by atomic mass is 10.3. The summed E-state index contributed by atoms with van der Waals surface area (Å²) in [7, 11) is 0. The van der Waals surface area contributed by atoms with Crippen LogP contribution in [0, 0.1) is 25.5 Å². The van der Waals surface area contributed by atoms with Crippen LogP contribution in [0.4, 0.5) is 14.6 Å². The number of H-pyrrole nitrogens is 1. The summed E-state index contributed by atoms with van der Waals surface area (Å²) in [4.78, 5) is 11.6. The number of aromatic nitrogens is 2. The average Bonchev–Trinajstić information content (AvgIpc) is 2.70. The van der Waals surface area contributed by atoms with Gasteiger partial charge in [0.2, 0.25) is 0 Å². The van der Waals surface area contributed by atoms with Crippen LogP contribution in [0.2, 0.25) is 0 Å². The lowest BCUT2D eigenvalue weighted by Gasteiger charge is -2.07. The summed E-state index contributed by atoms with van der Waals surface area (Å²) in [6.45, 7) is 3.23. The number of aromatic amines is 1. The predicted octanol–water partition coefficient (Wildman–Crippen LogP) is 2.32. The van der Waals surface area contributed by atoms with E-state index in [1.54, 1.807) is 6.92 Å². The Balaban J connectivity index is 1.94. The van der Waals surface area contributed by atoms with Gasteiger partial charge in [-0.1, -0.05) is 0 Å². The van der Waals surface area contributed by atoms with Crippen LogP contribution in [-0.4, -0.2) is 22.7 Å². The molecule has 0 fully saturated rings. The van der Waals surface area contributed by atoms with Gasteiger partial charge in [-0.2, -0.15) is 5.10 Å². The van der Waals surface area contributed by atoms with Crippen molar-refractivity contribution in [1.29, 1.82) is 0 Å². The number of ether oxygens (including phenoxy) is 1. The number of anilines is 1. The zero-order valence-corrected chi connectivity index (χ0v) is 11.0. The number of rotatable bonds is 4. The van der Waals surface area contributed by atoms with Crippen LogP contribution in [0.1, 0.15) is 11.3 Å². The van der Waals surface area contributed by atoms with E-state index in [4.69, 9.17) is 4.74 Å². The topological polar surface area (TPSA) is 67.0 Å². The fraction of sp³-hybridized carbons (Fsp3) is 0.231. The fourth-order valence-electron chi connectivity index (χ4n) is 1.51. The Morgan fingerprint density at radius 2 is 2.15 bits per heavy atom. The van der Waals surface area contributed by atoms with Gasteiger partial charge >= 0.3 is 0 Å². The highest BCUT2D eigenvalue weighted by molar-refractivity contribution is 5.91. The lowest BCUT2D eigenvalue weighted by Crippen LogP contribution is -2.21. The molecule has 20 heavy (non-hydrogen) atoms. The van der Waals surface area contributed by atoms with E-state index in [0.717, 1.165) is 23.4 Å². The van der Waals surface area contributed by atoms with E-state index < -0.39 is 24.1 Å². The normalized spacial score (nSPS) is 10.4. The van der Waals surface area contributed by atoms with E-state index in [1.165, 1.54) is 0 Å². The number of halogens is 2. The third-order valence-electron chi connectivity index (χ3n) is 2.76. The summed E-state index contributed by atoms with van der Waals surface area (Å²) in [5.41, 5.74) is 1.65. The van der Waals surface area contributed by atoms with Gasteiger partial charge < -0.3 is 10.1 Å². The highest BCUT2D eigenvalue weighted by Crippen LogP contribution is 2.18. The molecule has 2 aromatic rings. The molecule has 0 saturated carbocycles. The maximum atomic E-state index is 13.3. The molecular weight excluding hydrogens is 268 g/mol. The molecule has 106 valence electrons. The standard InChI is InChI=1S/C13H13F2N3O2/c1-7-8(2)17-18-13(7)16-12(19)6-20-11-4-3-9(14)5-10(11)15/h3-5H,6H2,1-2H3,(H2,16,17,18,19). The molecular formula is C13H13F2N3O2. The maximum absolute atomic E-state index is 13.3.